The van der Waals surface area contributed by atoms with E-state index in [1.54, 1.807) is 6.07 Å². The van der Waals surface area contributed by atoms with E-state index in [0.29, 0.717) is 19.0 Å². The van der Waals surface area contributed by atoms with E-state index in [0.717, 1.165) is 23.7 Å². The highest BCUT2D eigenvalue weighted by atomic mass is 79.9. The van der Waals surface area contributed by atoms with Crippen LogP contribution in [-0.4, -0.2) is 46.1 Å². The maximum absolute atomic E-state index is 12.5. The Morgan fingerprint density at radius 1 is 1.42 bits per heavy atom. The fourth-order valence-corrected chi connectivity index (χ4v) is 3.31. The highest BCUT2D eigenvalue weighted by molar-refractivity contribution is 9.09. The molecule has 0 amide bonds. The van der Waals surface area contributed by atoms with Gasteiger partial charge in [0.1, 0.15) is 0 Å². The standard InChI is InChI=1S/C17H28BrNO4S/c1-13(19-24(21)17(2,3)12-23-10-9-18)5-6-14-7-8-15(20)16(11-14)22-4/h7-8,11,13,19-20H,5-6,9-10,12H2,1-4H3/t13-,24-/m1/s1. The van der Waals surface area contributed by atoms with Gasteiger partial charge in [-0.3, -0.25) is 0 Å². The first-order valence-electron chi connectivity index (χ1n) is 7.97. The summed E-state index contributed by atoms with van der Waals surface area (Å²) in [5, 5.41) is 10.4. The van der Waals surface area contributed by atoms with Gasteiger partial charge in [0, 0.05) is 16.7 Å². The Hall–Kier alpha value is -0.470. The van der Waals surface area contributed by atoms with Crippen LogP contribution in [0.5, 0.6) is 11.5 Å². The largest absolute Gasteiger partial charge is 0.598 e. The Labute approximate surface area is 156 Å². The van der Waals surface area contributed by atoms with Crippen molar-refractivity contribution in [1.82, 2.24) is 4.72 Å². The van der Waals surface area contributed by atoms with Crippen LogP contribution < -0.4 is 9.46 Å². The van der Waals surface area contributed by atoms with Gasteiger partial charge in [-0.05, 0) is 51.3 Å². The number of aryl methyl sites for hydroxylation is 1. The van der Waals surface area contributed by atoms with Crippen LogP contribution in [0, 0.1) is 0 Å². The van der Waals surface area contributed by atoms with E-state index < -0.39 is 16.1 Å². The zero-order valence-electron chi connectivity index (χ0n) is 14.8. The number of benzene rings is 1. The van der Waals surface area contributed by atoms with E-state index in [-0.39, 0.29) is 11.8 Å². The van der Waals surface area contributed by atoms with Gasteiger partial charge < -0.3 is 19.1 Å². The zero-order valence-corrected chi connectivity index (χ0v) is 17.2. The summed E-state index contributed by atoms with van der Waals surface area (Å²) < 4.78 is 25.8. The number of phenols is 1. The lowest BCUT2D eigenvalue weighted by atomic mass is 10.1. The summed E-state index contributed by atoms with van der Waals surface area (Å²) in [6.07, 6.45) is 1.64. The second kappa shape index (κ2) is 10.5. The van der Waals surface area contributed by atoms with Crippen molar-refractivity contribution in [2.45, 2.75) is 44.4 Å². The van der Waals surface area contributed by atoms with E-state index in [4.69, 9.17) is 9.47 Å². The molecule has 1 aromatic rings. The Balaban J connectivity index is 2.46. The van der Waals surface area contributed by atoms with Gasteiger partial charge in [0.05, 0.1) is 26.4 Å². The molecule has 2 atom stereocenters. The number of ether oxygens (including phenoxy) is 2. The quantitative estimate of drug-likeness (QED) is 0.326. The molecule has 0 saturated carbocycles. The molecule has 0 spiro atoms. The van der Waals surface area contributed by atoms with Gasteiger partial charge in [-0.2, -0.15) is 0 Å². The van der Waals surface area contributed by atoms with Gasteiger partial charge in [-0.1, -0.05) is 22.0 Å². The van der Waals surface area contributed by atoms with Crippen molar-refractivity contribution in [3.63, 3.8) is 0 Å². The summed E-state index contributed by atoms with van der Waals surface area (Å²) in [6.45, 7) is 6.94. The number of rotatable bonds is 11. The minimum absolute atomic E-state index is 0.0982. The molecule has 0 aromatic heterocycles. The molecule has 0 aliphatic carbocycles. The SMILES string of the molecule is COc1cc(CC[C@@H](C)N[S@+]([O-])C(C)(C)COCCBr)ccc1O. The summed E-state index contributed by atoms with van der Waals surface area (Å²) >= 11 is 2.12. The maximum atomic E-state index is 12.5. The van der Waals surface area contributed by atoms with Gasteiger partial charge >= 0.3 is 0 Å². The van der Waals surface area contributed by atoms with Crippen molar-refractivity contribution in [1.29, 1.82) is 0 Å². The number of aromatic hydroxyl groups is 1. The number of alkyl halides is 1. The molecule has 1 rings (SSSR count). The highest BCUT2D eigenvalue weighted by Crippen LogP contribution is 2.27. The number of phenolic OH excluding ortho intramolecular Hbond substituents is 1. The number of methoxy groups -OCH3 is 1. The minimum Gasteiger partial charge on any atom is -0.598 e. The van der Waals surface area contributed by atoms with Gasteiger partial charge in [0.2, 0.25) is 0 Å². The molecule has 5 nitrogen and oxygen atoms in total. The van der Waals surface area contributed by atoms with E-state index in [9.17, 15) is 9.66 Å². The summed E-state index contributed by atoms with van der Waals surface area (Å²) in [5.74, 6) is 0.612. The molecule has 138 valence electrons. The molecule has 0 bridgehead atoms. The van der Waals surface area contributed by atoms with E-state index in [2.05, 4.69) is 20.7 Å². The third kappa shape index (κ3) is 7.19. The number of hydrogen-bond donors (Lipinski definition) is 2. The third-order valence-corrected chi connectivity index (χ3v) is 5.65. The summed E-state index contributed by atoms with van der Waals surface area (Å²) in [7, 11) is 1.53. The second-order valence-corrected chi connectivity index (χ2v) is 9.01. The van der Waals surface area contributed by atoms with Crippen molar-refractivity contribution < 1.29 is 19.1 Å². The first-order chi connectivity index (χ1) is 11.3. The topological polar surface area (TPSA) is 73.8 Å². The molecule has 0 heterocycles. The predicted molar refractivity (Wildman–Crippen MR) is 102 cm³/mol. The van der Waals surface area contributed by atoms with Crippen LogP contribution in [0.3, 0.4) is 0 Å². The Kier molecular flexibility index (Phi) is 9.44. The van der Waals surface area contributed by atoms with Crippen molar-refractivity contribution >= 4 is 27.3 Å². The fourth-order valence-electron chi connectivity index (χ4n) is 2.09. The first kappa shape index (κ1) is 21.6. The Morgan fingerprint density at radius 3 is 2.75 bits per heavy atom. The summed E-state index contributed by atoms with van der Waals surface area (Å²) in [5.41, 5.74) is 1.07. The average Bonchev–Trinajstić information content (AvgIpc) is 2.54. The lowest BCUT2D eigenvalue weighted by molar-refractivity contribution is 0.131. The minimum atomic E-state index is -1.19. The normalized spacial score (nSPS) is 14.4. The van der Waals surface area contributed by atoms with Crippen LogP contribution >= 0.6 is 15.9 Å². The van der Waals surface area contributed by atoms with Crippen LogP contribution in [0.4, 0.5) is 0 Å². The molecule has 0 aliphatic rings. The van der Waals surface area contributed by atoms with Crippen LogP contribution in [0.25, 0.3) is 0 Å². The van der Waals surface area contributed by atoms with Gasteiger partial charge in [-0.25, -0.2) is 0 Å². The van der Waals surface area contributed by atoms with E-state index >= 15 is 0 Å². The molecule has 0 radical (unpaired) electrons. The molecular formula is C17H28BrNO4S. The van der Waals surface area contributed by atoms with Crippen molar-refractivity contribution in [3.05, 3.63) is 23.8 Å². The molecule has 0 fully saturated rings. The lowest BCUT2D eigenvalue weighted by Crippen LogP contribution is -2.48. The Morgan fingerprint density at radius 2 is 2.12 bits per heavy atom. The van der Waals surface area contributed by atoms with Crippen LogP contribution in [0.2, 0.25) is 0 Å². The predicted octanol–water partition coefficient (Wildman–Crippen LogP) is 3.17. The molecule has 2 N–H and O–H groups in total. The first-order valence-corrected chi connectivity index (χ1v) is 10.2. The highest BCUT2D eigenvalue weighted by Gasteiger charge is 2.33. The van der Waals surface area contributed by atoms with Crippen LogP contribution in [0.15, 0.2) is 18.2 Å². The van der Waals surface area contributed by atoms with Crippen molar-refractivity contribution in [2.75, 3.05) is 25.7 Å². The van der Waals surface area contributed by atoms with Gasteiger partial charge in [0.25, 0.3) is 0 Å². The van der Waals surface area contributed by atoms with E-state index in [1.807, 2.05) is 32.9 Å². The van der Waals surface area contributed by atoms with Crippen LogP contribution in [-0.2, 0) is 22.5 Å². The molecule has 7 heteroatoms. The van der Waals surface area contributed by atoms with Crippen molar-refractivity contribution in [3.8, 4) is 11.5 Å². The second-order valence-electron chi connectivity index (χ2n) is 6.33. The molecule has 0 saturated heterocycles. The Bertz CT molecular complexity index is 501. The molecule has 0 unspecified atom stereocenters. The maximum Gasteiger partial charge on any atom is 0.162 e. The molecule has 24 heavy (non-hydrogen) atoms. The van der Waals surface area contributed by atoms with Crippen molar-refractivity contribution in [2.24, 2.45) is 0 Å². The zero-order chi connectivity index (χ0) is 18.2. The van der Waals surface area contributed by atoms with Gasteiger partial charge in [-0.15, -0.1) is 4.72 Å². The number of hydrogen-bond acceptors (Lipinski definition) is 5. The van der Waals surface area contributed by atoms with Crippen LogP contribution in [0.1, 0.15) is 32.8 Å². The summed E-state index contributed by atoms with van der Waals surface area (Å²) in [6, 6.07) is 5.44. The molecule has 0 aliphatic heterocycles. The van der Waals surface area contributed by atoms with E-state index in [1.165, 1.54) is 7.11 Å². The molecule has 1 aromatic carbocycles. The molecular weight excluding hydrogens is 394 g/mol. The fraction of sp³-hybridized carbons (Fsp3) is 0.647. The van der Waals surface area contributed by atoms with Gasteiger partial charge in [0.15, 0.2) is 16.2 Å². The average molecular weight is 422 g/mol. The summed E-state index contributed by atoms with van der Waals surface area (Å²) in [4.78, 5) is 0. The number of halogens is 1. The number of nitrogens with one attached hydrogen (secondary N) is 1. The third-order valence-electron chi connectivity index (χ3n) is 3.59. The lowest BCUT2D eigenvalue weighted by Gasteiger charge is -2.29. The monoisotopic (exact) mass is 421 g/mol. The smallest absolute Gasteiger partial charge is 0.162 e.